The quantitative estimate of drug-likeness (QED) is 0.330. The summed E-state index contributed by atoms with van der Waals surface area (Å²) >= 11 is 0. The zero-order valence-corrected chi connectivity index (χ0v) is 18.3. The number of nitrogens with one attached hydrogen (secondary N) is 3. The van der Waals surface area contributed by atoms with E-state index in [1.54, 1.807) is 0 Å². The van der Waals surface area contributed by atoms with Crippen molar-refractivity contribution >= 4 is 23.4 Å². The maximum absolute atomic E-state index is 13.4. The largest absolute Gasteiger partial charge is 0.337 e. The van der Waals surface area contributed by atoms with Crippen molar-refractivity contribution in [1.82, 2.24) is 25.6 Å². The minimum atomic E-state index is -2.59. The maximum atomic E-state index is 13.4. The Labute approximate surface area is 195 Å². The van der Waals surface area contributed by atoms with Gasteiger partial charge in [0.05, 0.1) is 11.5 Å². The van der Waals surface area contributed by atoms with Crippen LogP contribution in [-0.2, 0) is 19.9 Å². The summed E-state index contributed by atoms with van der Waals surface area (Å²) in [6.07, 6.45) is -1.33. The smallest absolute Gasteiger partial charge is 0.312 e. The Morgan fingerprint density at radius 2 is 1.83 bits per heavy atom. The first-order valence-corrected chi connectivity index (χ1v) is 10.8. The van der Waals surface area contributed by atoms with E-state index in [0.717, 1.165) is 4.90 Å². The van der Waals surface area contributed by atoms with Gasteiger partial charge in [-0.05, 0) is 26.2 Å². The van der Waals surface area contributed by atoms with Crippen LogP contribution in [0.25, 0.3) is 0 Å². The van der Waals surface area contributed by atoms with Crippen molar-refractivity contribution in [3.05, 3.63) is 41.5 Å². The van der Waals surface area contributed by atoms with E-state index in [1.165, 1.54) is 13.1 Å². The summed E-state index contributed by atoms with van der Waals surface area (Å²) in [5.74, 6) is -9.09. The number of carbonyl (C=O) groups is 3. The van der Waals surface area contributed by atoms with Crippen LogP contribution in [0.1, 0.15) is 31.9 Å². The molecule has 1 aliphatic heterocycles. The molecule has 188 valence electrons. The van der Waals surface area contributed by atoms with Crippen molar-refractivity contribution in [3.8, 4) is 0 Å². The highest BCUT2D eigenvalue weighted by Crippen LogP contribution is 2.47. The topological polar surface area (TPSA) is 120 Å². The predicted molar refractivity (Wildman–Crippen MR) is 109 cm³/mol. The van der Waals surface area contributed by atoms with E-state index >= 15 is 0 Å². The number of hydrogen-bond donors (Lipinski definition) is 3. The van der Waals surface area contributed by atoms with E-state index in [9.17, 15) is 36.3 Å². The van der Waals surface area contributed by atoms with Crippen LogP contribution in [0.2, 0.25) is 0 Å². The van der Waals surface area contributed by atoms with Gasteiger partial charge in [-0.15, -0.1) is 5.10 Å². The number of hydrogen-bond acceptors (Lipinski definition) is 5. The minimum absolute atomic E-state index is 0.0360. The average Bonchev–Trinajstić information content (AvgIpc) is 3.43. The van der Waals surface area contributed by atoms with Crippen LogP contribution in [0.4, 0.5) is 27.6 Å². The van der Waals surface area contributed by atoms with Crippen molar-refractivity contribution in [2.75, 3.05) is 11.9 Å². The molecule has 2 atom stereocenters. The van der Waals surface area contributed by atoms with Gasteiger partial charge in [-0.2, -0.15) is 0 Å². The Balaban J connectivity index is 1.41. The summed E-state index contributed by atoms with van der Waals surface area (Å²) in [5, 5.41) is 14.6. The van der Waals surface area contributed by atoms with E-state index in [1.807, 2.05) is 0 Å². The number of rotatable bonds is 5. The van der Waals surface area contributed by atoms with Crippen molar-refractivity contribution in [2.24, 2.45) is 11.8 Å². The van der Waals surface area contributed by atoms with Gasteiger partial charge in [-0.3, -0.25) is 19.5 Å². The Hall–Kier alpha value is -3.58. The number of anilines is 1. The molecule has 3 amide bonds. The van der Waals surface area contributed by atoms with Crippen LogP contribution < -0.4 is 10.6 Å². The van der Waals surface area contributed by atoms with Crippen molar-refractivity contribution in [3.63, 3.8) is 0 Å². The van der Waals surface area contributed by atoms with E-state index < -0.39 is 65.0 Å². The van der Waals surface area contributed by atoms with Crippen LogP contribution >= 0.6 is 0 Å². The average molecular weight is 500 g/mol. The summed E-state index contributed by atoms with van der Waals surface area (Å²) in [4.78, 5) is 39.4. The third kappa shape index (κ3) is 4.56. The minimum Gasteiger partial charge on any atom is -0.337 e. The lowest BCUT2D eigenvalue weighted by molar-refractivity contribution is -0.149. The number of H-pyrrole nitrogens is 1. The van der Waals surface area contributed by atoms with E-state index in [4.69, 9.17) is 0 Å². The number of carbonyl (C=O) groups excluding carboxylic acids is 3. The molecule has 1 aliphatic carbocycles. The molecule has 0 bridgehead atoms. The highest BCUT2D eigenvalue weighted by Gasteiger charge is 2.53. The number of alkyl halides is 2. The number of benzene rings is 1. The molecule has 2 aliphatic rings. The van der Waals surface area contributed by atoms with E-state index in [2.05, 4.69) is 26.0 Å². The lowest BCUT2D eigenvalue weighted by Gasteiger charge is -2.46. The summed E-state index contributed by atoms with van der Waals surface area (Å²) in [7, 11) is 0. The first-order chi connectivity index (χ1) is 16.5. The number of likely N-dealkylation sites (tertiary alicyclic amines) is 1. The fourth-order valence-corrected chi connectivity index (χ4v) is 4.67. The molecule has 1 saturated heterocycles. The van der Waals surface area contributed by atoms with Gasteiger partial charge < -0.3 is 15.5 Å². The fourth-order valence-electron chi connectivity index (χ4n) is 4.67. The molecule has 1 aromatic heterocycles. The molecular weight excluding hydrogens is 479 g/mol. The van der Waals surface area contributed by atoms with Crippen LogP contribution in [-0.4, -0.2) is 57.0 Å². The zero-order valence-electron chi connectivity index (χ0n) is 18.3. The lowest BCUT2D eigenvalue weighted by atomic mass is 9.66. The molecule has 0 spiro atoms. The molecule has 1 aromatic carbocycles. The summed E-state index contributed by atoms with van der Waals surface area (Å²) in [5.41, 5.74) is -1.34. The van der Waals surface area contributed by atoms with Crippen LogP contribution in [0.5, 0.6) is 0 Å². The van der Waals surface area contributed by atoms with Gasteiger partial charge in [0.2, 0.25) is 12.3 Å². The monoisotopic (exact) mass is 500 g/mol. The van der Waals surface area contributed by atoms with Gasteiger partial charge in [0.15, 0.2) is 17.5 Å². The standard InChI is InChI=1S/C21H21F5N6O3/c1-9-12(18(33)28-11-4-13(22)16(24)14(23)5-11)2-3-32(9)20(35)19(34)29-21(15-8-27-31-30-15)6-10(7-21)17(25)26/h4-5,8-10,12,17H,2-3,6-7H2,1H3,(H,28,33)(H,29,34)(H,27,30,31)/t9-,10?,12-,21?/m0/s1. The van der Waals surface area contributed by atoms with Crippen molar-refractivity contribution < 1.29 is 36.3 Å². The molecule has 2 aromatic rings. The van der Waals surface area contributed by atoms with Crippen molar-refractivity contribution in [1.29, 1.82) is 0 Å². The second kappa shape index (κ2) is 9.23. The SMILES string of the molecule is C[C@H]1[C@@H](C(=O)Nc2cc(F)c(F)c(F)c2)CCN1C(=O)C(=O)NC1(c2c[nH]nn2)CC(C(F)F)C1. The predicted octanol–water partition coefficient (Wildman–Crippen LogP) is 2.08. The van der Waals surface area contributed by atoms with Gasteiger partial charge in [-0.1, -0.05) is 5.21 Å². The normalized spacial score (nSPS) is 25.9. The van der Waals surface area contributed by atoms with E-state index in [0.29, 0.717) is 12.1 Å². The first kappa shape index (κ1) is 24.5. The zero-order chi connectivity index (χ0) is 25.5. The molecule has 0 unspecified atom stereocenters. The van der Waals surface area contributed by atoms with Crippen LogP contribution in [0, 0.1) is 29.3 Å². The van der Waals surface area contributed by atoms with E-state index in [-0.39, 0.29) is 37.2 Å². The molecule has 1 saturated carbocycles. The fraction of sp³-hybridized carbons (Fsp3) is 0.476. The number of nitrogens with zero attached hydrogens (tertiary/aromatic N) is 3. The number of amides is 3. The van der Waals surface area contributed by atoms with Crippen molar-refractivity contribution in [2.45, 2.75) is 44.2 Å². The van der Waals surface area contributed by atoms with Crippen LogP contribution in [0.3, 0.4) is 0 Å². The van der Waals surface area contributed by atoms with Gasteiger partial charge in [0.1, 0.15) is 5.69 Å². The maximum Gasteiger partial charge on any atom is 0.312 e. The number of halogens is 5. The second-order valence-corrected chi connectivity index (χ2v) is 8.78. The molecule has 2 heterocycles. The molecule has 3 N–H and O–H groups in total. The Kier molecular flexibility index (Phi) is 6.47. The Bertz CT molecular complexity index is 1120. The highest BCUT2D eigenvalue weighted by atomic mass is 19.3. The third-order valence-electron chi connectivity index (χ3n) is 6.64. The van der Waals surface area contributed by atoms with Gasteiger partial charge >= 0.3 is 11.8 Å². The highest BCUT2D eigenvalue weighted by molar-refractivity contribution is 6.35. The van der Waals surface area contributed by atoms with Gasteiger partial charge in [0, 0.05) is 42.5 Å². The van der Waals surface area contributed by atoms with Gasteiger partial charge in [-0.25, -0.2) is 22.0 Å². The van der Waals surface area contributed by atoms with Gasteiger partial charge in [0.25, 0.3) is 0 Å². The number of aromatic nitrogens is 3. The summed E-state index contributed by atoms with van der Waals surface area (Å²) < 4.78 is 66.1. The second-order valence-electron chi connectivity index (χ2n) is 8.78. The molecule has 35 heavy (non-hydrogen) atoms. The summed E-state index contributed by atoms with van der Waals surface area (Å²) in [6.45, 7) is 1.56. The van der Waals surface area contributed by atoms with Crippen LogP contribution in [0.15, 0.2) is 18.3 Å². The number of aromatic amines is 1. The Morgan fingerprint density at radius 3 is 2.40 bits per heavy atom. The molecule has 9 nitrogen and oxygen atoms in total. The third-order valence-corrected chi connectivity index (χ3v) is 6.64. The molecule has 0 radical (unpaired) electrons. The molecule has 2 fully saturated rings. The molecular formula is C21H21F5N6O3. The summed E-state index contributed by atoms with van der Waals surface area (Å²) in [6, 6.07) is 0.489. The molecule has 4 rings (SSSR count). The lowest BCUT2D eigenvalue weighted by Crippen LogP contribution is -2.59. The first-order valence-electron chi connectivity index (χ1n) is 10.8. The molecule has 14 heteroatoms. The Morgan fingerprint density at radius 1 is 1.17 bits per heavy atom.